The molecule has 0 spiro atoms. The molecule has 1 aliphatic rings. The van der Waals surface area contributed by atoms with E-state index in [2.05, 4.69) is 17.2 Å². The highest BCUT2D eigenvalue weighted by Crippen LogP contribution is 2.14. The van der Waals surface area contributed by atoms with Crippen molar-refractivity contribution in [2.24, 2.45) is 0 Å². The second-order valence-electron chi connectivity index (χ2n) is 5.12. The lowest BCUT2D eigenvalue weighted by molar-refractivity contribution is 0.0941. The lowest BCUT2D eigenvalue weighted by Crippen LogP contribution is -2.35. The van der Waals surface area contributed by atoms with Crippen LogP contribution in [0.2, 0.25) is 0 Å². The van der Waals surface area contributed by atoms with Crippen LogP contribution in [0.1, 0.15) is 27.9 Å². The van der Waals surface area contributed by atoms with Crippen LogP contribution in [0.3, 0.4) is 0 Å². The highest BCUT2D eigenvalue weighted by Gasteiger charge is 2.29. The van der Waals surface area contributed by atoms with E-state index < -0.39 is 9.84 Å². The molecule has 0 bridgehead atoms. The summed E-state index contributed by atoms with van der Waals surface area (Å²) in [5.74, 6) is 5.13. The second kappa shape index (κ2) is 6.29. The number of benzene rings is 1. The van der Waals surface area contributed by atoms with E-state index >= 15 is 0 Å². The zero-order chi connectivity index (χ0) is 15.5. The number of hydrogen-bond acceptors (Lipinski definition) is 4. The zero-order valence-corrected chi connectivity index (χ0v) is 12.5. The molecule has 6 heteroatoms. The fraction of sp³-hybridized carbons (Fsp3) is 0.400. The van der Waals surface area contributed by atoms with Gasteiger partial charge in [-0.25, -0.2) is 8.42 Å². The fourth-order valence-corrected chi connectivity index (χ4v) is 3.98. The Labute approximate surface area is 124 Å². The van der Waals surface area contributed by atoms with Crippen LogP contribution < -0.4 is 5.32 Å². The van der Waals surface area contributed by atoms with Crippen LogP contribution in [0, 0.1) is 18.8 Å². The first-order valence-electron chi connectivity index (χ1n) is 6.62. The average Bonchev–Trinajstić information content (AvgIpc) is 2.75. The van der Waals surface area contributed by atoms with Gasteiger partial charge in [-0.1, -0.05) is 11.8 Å². The zero-order valence-electron chi connectivity index (χ0n) is 11.7. The van der Waals surface area contributed by atoms with Crippen molar-refractivity contribution in [3.05, 3.63) is 34.9 Å². The SMILES string of the molecule is Cc1cc(C#CCO)cc(C(=O)NC2CCS(=O)(=O)C2)c1. The minimum absolute atomic E-state index is 0.00172. The van der Waals surface area contributed by atoms with Gasteiger partial charge in [0.05, 0.1) is 11.5 Å². The molecule has 21 heavy (non-hydrogen) atoms. The number of amides is 1. The summed E-state index contributed by atoms with van der Waals surface area (Å²) in [4.78, 5) is 12.2. The van der Waals surface area contributed by atoms with E-state index in [1.807, 2.05) is 13.0 Å². The van der Waals surface area contributed by atoms with E-state index in [9.17, 15) is 13.2 Å². The number of hydrogen-bond donors (Lipinski definition) is 2. The third kappa shape index (κ3) is 4.31. The summed E-state index contributed by atoms with van der Waals surface area (Å²) in [6, 6.07) is 4.85. The Morgan fingerprint density at radius 2 is 2.19 bits per heavy atom. The molecule has 1 heterocycles. The number of aliphatic hydroxyl groups excluding tert-OH is 1. The number of sulfone groups is 1. The summed E-state index contributed by atoms with van der Waals surface area (Å²) in [5, 5.41) is 11.5. The van der Waals surface area contributed by atoms with Crippen molar-refractivity contribution in [1.82, 2.24) is 5.32 Å². The maximum absolute atomic E-state index is 12.2. The first-order valence-corrected chi connectivity index (χ1v) is 8.44. The predicted octanol–water partition coefficient (Wildman–Crippen LogP) is 0.256. The number of rotatable bonds is 2. The Morgan fingerprint density at radius 3 is 2.81 bits per heavy atom. The minimum atomic E-state index is -3.02. The molecule has 1 fully saturated rings. The van der Waals surface area contributed by atoms with E-state index in [-0.39, 0.29) is 30.1 Å². The van der Waals surface area contributed by atoms with Gasteiger partial charge >= 0.3 is 0 Å². The van der Waals surface area contributed by atoms with Gasteiger partial charge in [0, 0.05) is 17.2 Å². The Hall–Kier alpha value is -1.84. The van der Waals surface area contributed by atoms with E-state index in [0.717, 1.165) is 5.56 Å². The molecular weight excluding hydrogens is 290 g/mol. The minimum Gasteiger partial charge on any atom is -0.384 e. The van der Waals surface area contributed by atoms with Gasteiger partial charge < -0.3 is 10.4 Å². The van der Waals surface area contributed by atoms with Gasteiger partial charge in [0.15, 0.2) is 9.84 Å². The third-order valence-electron chi connectivity index (χ3n) is 3.22. The molecule has 2 rings (SSSR count). The number of carbonyl (C=O) groups excluding carboxylic acids is 1. The highest BCUT2D eigenvalue weighted by atomic mass is 32.2. The number of carbonyl (C=O) groups is 1. The van der Waals surface area contributed by atoms with Gasteiger partial charge in [0.25, 0.3) is 5.91 Å². The highest BCUT2D eigenvalue weighted by molar-refractivity contribution is 7.91. The smallest absolute Gasteiger partial charge is 0.251 e. The molecule has 1 aliphatic heterocycles. The van der Waals surface area contributed by atoms with Crippen molar-refractivity contribution >= 4 is 15.7 Å². The topological polar surface area (TPSA) is 83.5 Å². The summed E-state index contributed by atoms with van der Waals surface area (Å²) in [7, 11) is -3.02. The first kappa shape index (κ1) is 15.5. The standard InChI is InChI=1S/C15H17NO4S/c1-11-7-12(3-2-5-17)9-13(8-11)15(18)16-14-4-6-21(19,20)10-14/h7-9,14,17H,4-6,10H2,1H3,(H,16,18). The molecule has 1 saturated heterocycles. The third-order valence-corrected chi connectivity index (χ3v) is 4.99. The molecule has 0 aromatic heterocycles. The quantitative estimate of drug-likeness (QED) is 0.768. The lowest BCUT2D eigenvalue weighted by atomic mass is 10.1. The summed E-state index contributed by atoms with van der Waals surface area (Å²) in [6.07, 6.45) is 0.455. The van der Waals surface area contributed by atoms with E-state index in [4.69, 9.17) is 5.11 Å². The van der Waals surface area contributed by atoms with Gasteiger partial charge in [0.1, 0.15) is 6.61 Å². The van der Waals surface area contributed by atoms with Crippen molar-refractivity contribution in [1.29, 1.82) is 0 Å². The molecule has 5 nitrogen and oxygen atoms in total. The number of aliphatic hydroxyl groups is 1. The molecule has 112 valence electrons. The summed E-state index contributed by atoms with van der Waals surface area (Å²) in [5.41, 5.74) is 1.97. The lowest BCUT2D eigenvalue weighted by Gasteiger charge is -2.11. The fourth-order valence-electron chi connectivity index (χ4n) is 2.31. The average molecular weight is 307 g/mol. The van der Waals surface area contributed by atoms with E-state index in [0.29, 0.717) is 17.5 Å². The van der Waals surface area contributed by atoms with E-state index in [1.165, 1.54) is 0 Å². The molecule has 0 radical (unpaired) electrons. The number of aryl methyl sites for hydroxylation is 1. The monoisotopic (exact) mass is 307 g/mol. The van der Waals surface area contributed by atoms with Gasteiger partial charge in [-0.05, 0) is 37.1 Å². The van der Waals surface area contributed by atoms with Gasteiger partial charge in [0.2, 0.25) is 0 Å². The molecule has 2 N–H and O–H groups in total. The summed E-state index contributed by atoms with van der Waals surface area (Å²) < 4.78 is 22.8. The van der Waals surface area contributed by atoms with Crippen molar-refractivity contribution in [3.8, 4) is 11.8 Å². The Morgan fingerprint density at radius 1 is 1.43 bits per heavy atom. The Kier molecular flexibility index (Phi) is 4.66. The van der Waals surface area contributed by atoms with E-state index in [1.54, 1.807) is 12.1 Å². The number of nitrogens with one attached hydrogen (secondary N) is 1. The molecule has 1 atom stereocenters. The van der Waals surface area contributed by atoms with Crippen LogP contribution in [0.15, 0.2) is 18.2 Å². The summed E-state index contributed by atoms with van der Waals surface area (Å²) in [6.45, 7) is 1.61. The predicted molar refractivity (Wildman–Crippen MR) is 79.7 cm³/mol. The van der Waals surface area contributed by atoms with Crippen molar-refractivity contribution < 1.29 is 18.3 Å². The van der Waals surface area contributed by atoms with Gasteiger partial charge in [-0.15, -0.1) is 0 Å². The van der Waals surface area contributed by atoms with Crippen LogP contribution in [0.4, 0.5) is 0 Å². The van der Waals surface area contributed by atoms with Crippen molar-refractivity contribution in [2.75, 3.05) is 18.1 Å². The molecule has 1 amide bonds. The van der Waals surface area contributed by atoms with Gasteiger partial charge in [-0.3, -0.25) is 4.79 Å². The maximum Gasteiger partial charge on any atom is 0.251 e. The van der Waals surface area contributed by atoms with Crippen LogP contribution in [-0.4, -0.2) is 43.6 Å². The second-order valence-corrected chi connectivity index (χ2v) is 7.35. The van der Waals surface area contributed by atoms with Crippen molar-refractivity contribution in [3.63, 3.8) is 0 Å². The largest absolute Gasteiger partial charge is 0.384 e. The van der Waals surface area contributed by atoms with Crippen LogP contribution in [-0.2, 0) is 9.84 Å². The maximum atomic E-state index is 12.2. The Balaban J connectivity index is 2.14. The first-order chi connectivity index (χ1) is 9.89. The molecular formula is C15H17NO4S. The van der Waals surface area contributed by atoms with Gasteiger partial charge in [-0.2, -0.15) is 0 Å². The van der Waals surface area contributed by atoms with Crippen LogP contribution in [0.5, 0.6) is 0 Å². The Bertz CT molecular complexity index is 713. The molecule has 1 aromatic rings. The van der Waals surface area contributed by atoms with Crippen LogP contribution >= 0.6 is 0 Å². The molecule has 1 unspecified atom stereocenters. The summed E-state index contributed by atoms with van der Waals surface area (Å²) >= 11 is 0. The molecule has 1 aromatic carbocycles. The van der Waals surface area contributed by atoms with Crippen molar-refractivity contribution in [2.45, 2.75) is 19.4 Å². The normalized spacial score (nSPS) is 19.6. The molecule has 0 aliphatic carbocycles. The van der Waals surface area contributed by atoms with Crippen LogP contribution in [0.25, 0.3) is 0 Å². The molecule has 0 saturated carbocycles.